The van der Waals surface area contributed by atoms with Gasteiger partial charge in [-0.3, -0.25) is 9.69 Å². The molecule has 1 aromatic carbocycles. The second-order valence-corrected chi connectivity index (χ2v) is 5.50. The van der Waals surface area contributed by atoms with E-state index in [0.717, 1.165) is 18.7 Å². The van der Waals surface area contributed by atoms with Crippen LogP contribution < -0.4 is 5.32 Å². The molecule has 0 aromatic heterocycles. The highest BCUT2D eigenvalue weighted by Gasteiger charge is 2.24. The zero-order valence-electron chi connectivity index (χ0n) is 12.7. The summed E-state index contributed by atoms with van der Waals surface area (Å²) in [7, 11) is 1.82. The van der Waals surface area contributed by atoms with Gasteiger partial charge in [-0.25, -0.2) is 0 Å². The molecule has 0 aliphatic carbocycles. The molecule has 21 heavy (non-hydrogen) atoms. The molecule has 5 nitrogen and oxygen atoms in total. The van der Waals surface area contributed by atoms with Crippen molar-refractivity contribution in [3.8, 4) is 6.07 Å². The Bertz CT molecular complexity index is 537. The van der Waals surface area contributed by atoms with Crippen LogP contribution in [0.4, 0.5) is 0 Å². The van der Waals surface area contributed by atoms with Crippen molar-refractivity contribution >= 4 is 5.91 Å². The van der Waals surface area contributed by atoms with E-state index in [1.54, 1.807) is 4.90 Å². The summed E-state index contributed by atoms with van der Waals surface area (Å²) in [5, 5.41) is 12.3. The SMILES string of the molecule is Cc1ccccc1CN(C)C(=O)CN1CCNCC1C#N. The molecule has 1 heterocycles. The molecule has 1 atom stereocenters. The topological polar surface area (TPSA) is 59.4 Å². The Balaban J connectivity index is 1.93. The number of benzene rings is 1. The fourth-order valence-electron chi connectivity index (χ4n) is 2.49. The van der Waals surface area contributed by atoms with Gasteiger partial charge in [0.05, 0.1) is 12.6 Å². The van der Waals surface area contributed by atoms with Crippen LogP contribution in [0.1, 0.15) is 11.1 Å². The summed E-state index contributed by atoms with van der Waals surface area (Å²) in [6.45, 7) is 5.16. The van der Waals surface area contributed by atoms with Gasteiger partial charge in [0.2, 0.25) is 5.91 Å². The number of carbonyl (C=O) groups is 1. The van der Waals surface area contributed by atoms with E-state index in [9.17, 15) is 4.79 Å². The molecule has 2 rings (SSSR count). The van der Waals surface area contributed by atoms with Crippen LogP contribution >= 0.6 is 0 Å². The van der Waals surface area contributed by atoms with Crippen LogP contribution in [0.15, 0.2) is 24.3 Å². The van der Waals surface area contributed by atoms with E-state index in [1.165, 1.54) is 5.56 Å². The molecule has 0 bridgehead atoms. The predicted molar refractivity (Wildman–Crippen MR) is 81.5 cm³/mol. The number of piperazine rings is 1. The number of amides is 1. The molecule has 0 spiro atoms. The van der Waals surface area contributed by atoms with E-state index < -0.39 is 0 Å². The predicted octanol–water partition coefficient (Wildman–Crippen LogP) is 0.751. The summed E-state index contributed by atoms with van der Waals surface area (Å²) in [5.41, 5.74) is 2.35. The molecule has 0 saturated carbocycles. The largest absolute Gasteiger partial charge is 0.340 e. The number of aryl methyl sites for hydroxylation is 1. The molecule has 1 amide bonds. The first-order valence-electron chi connectivity index (χ1n) is 7.24. The minimum atomic E-state index is -0.213. The van der Waals surface area contributed by atoms with E-state index in [2.05, 4.69) is 24.4 Å². The van der Waals surface area contributed by atoms with Crippen LogP contribution in [0.3, 0.4) is 0 Å². The molecule has 1 aliphatic heterocycles. The molecule has 1 fully saturated rings. The molecule has 1 saturated heterocycles. The van der Waals surface area contributed by atoms with E-state index in [4.69, 9.17) is 5.26 Å². The summed E-state index contributed by atoms with van der Waals surface area (Å²) >= 11 is 0. The number of hydrogen-bond acceptors (Lipinski definition) is 4. The summed E-state index contributed by atoms with van der Waals surface area (Å²) < 4.78 is 0. The van der Waals surface area contributed by atoms with E-state index in [1.807, 2.05) is 30.1 Å². The van der Waals surface area contributed by atoms with Crippen molar-refractivity contribution in [2.75, 3.05) is 33.2 Å². The van der Waals surface area contributed by atoms with Gasteiger partial charge in [0, 0.05) is 33.2 Å². The van der Waals surface area contributed by atoms with Gasteiger partial charge in [0.25, 0.3) is 0 Å². The Hall–Kier alpha value is -1.90. The van der Waals surface area contributed by atoms with Crippen LogP contribution in [0, 0.1) is 18.3 Å². The molecular formula is C16H22N4O. The maximum atomic E-state index is 12.3. The van der Waals surface area contributed by atoms with Gasteiger partial charge in [-0.2, -0.15) is 5.26 Å². The maximum Gasteiger partial charge on any atom is 0.236 e. The Morgan fingerprint density at radius 1 is 1.52 bits per heavy atom. The summed E-state index contributed by atoms with van der Waals surface area (Å²) in [6.07, 6.45) is 0. The normalized spacial score (nSPS) is 19.0. The lowest BCUT2D eigenvalue weighted by Crippen LogP contribution is -2.53. The molecule has 1 aromatic rings. The van der Waals surface area contributed by atoms with Gasteiger partial charge in [-0.1, -0.05) is 24.3 Å². The van der Waals surface area contributed by atoms with Gasteiger partial charge in [0.15, 0.2) is 0 Å². The smallest absolute Gasteiger partial charge is 0.236 e. The first-order chi connectivity index (χ1) is 10.1. The second kappa shape index (κ2) is 7.21. The van der Waals surface area contributed by atoms with Crippen LogP contribution in [-0.4, -0.2) is 55.0 Å². The van der Waals surface area contributed by atoms with Gasteiger partial charge < -0.3 is 10.2 Å². The van der Waals surface area contributed by atoms with Crippen LogP contribution in [0.2, 0.25) is 0 Å². The number of rotatable bonds is 4. The number of nitriles is 1. The summed E-state index contributed by atoms with van der Waals surface area (Å²) in [4.78, 5) is 16.0. The highest BCUT2D eigenvalue weighted by Crippen LogP contribution is 2.10. The molecule has 1 N–H and O–H groups in total. The van der Waals surface area contributed by atoms with Crippen molar-refractivity contribution in [2.24, 2.45) is 0 Å². The van der Waals surface area contributed by atoms with Gasteiger partial charge in [-0.05, 0) is 18.1 Å². The second-order valence-electron chi connectivity index (χ2n) is 5.50. The number of carbonyl (C=O) groups excluding carboxylic acids is 1. The number of nitrogens with zero attached hydrogens (tertiary/aromatic N) is 3. The van der Waals surface area contributed by atoms with Crippen LogP contribution in [0.5, 0.6) is 0 Å². The van der Waals surface area contributed by atoms with E-state index >= 15 is 0 Å². The molecule has 1 unspecified atom stereocenters. The molecule has 5 heteroatoms. The molecule has 112 valence electrons. The Morgan fingerprint density at radius 3 is 3.00 bits per heavy atom. The average molecular weight is 286 g/mol. The average Bonchev–Trinajstić information content (AvgIpc) is 2.50. The summed E-state index contributed by atoms with van der Waals surface area (Å²) in [5.74, 6) is 0.0559. The minimum absolute atomic E-state index is 0.0559. The molecule has 1 aliphatic rings. The zero-order chi connectivity index (χ0) is 15.2. The third-order valence-electron chi connectivity index (χ3n) is 3.94. The standard InChI is InChI=1S/C16H22N4O/c1-13-5-3-4-6-14(13)11-19(2)16(21)12-20-8-7-18-10-15(20)9-17/h3-6,15,18H,7-8,10-12H2,1-2H3. The fraction of sp³-hybridized carbons (Fsp3) is 0.500. The zero-order valence-corrected chi connectivity index (χ0v) is 12.7. The first kappa shape index (κ1) is 15.5. The maximum absolute atomic E-state index is 12.3. The number of hydrogen-bond donors (Lipinski definition) is 1. The van der Waals surface area contributed by atoms with Gasteiger partial charge >= 0.3 is 0 Å². The minimum Gasteiger partial charge on any atom is -0.340 e. The lowest BCUT2D eigenvalue weighted by molar-refractivity contribution is -0.132. The van der Waals surface area contributed by atoms with E-state index in [-0.39, 0.29) is 11.9 Å². The van der Waals surface area contributed by atoms with Crippen LogP contribution in [-0.2, 0) is 11.3 Å². The number of likely N-dealkylation sites (N-methyl/N-ethyl adjacent to an activating group) is 1. The lowest BCUT2D eigenvalue weighted by atomic mass is 10.1. The van der Waals surface area contributed by atoms with Crippen molar-refractivity contribution in [3.63, 3.8) is 0 Å². The lowest BCUT2D eigenvalue weighted by Gasteiger charge is -2.32. The monoisotopic (exact) mass is 286 g/mol. The van der Waals surface area contributed by atoms with Crippen molar-refractivity contribution in [2.45, 2.75) is 19.5 Å². The number of nitrogens with one attached hydrogen (secondary N) is 1. The van der Waals surface area contributed by atoms with E-state index in [0.29, 0.717) is 19.6 Å². The third-order valence-corrected chi connectivity index (χ3v) is 3.94. The van der Waals surface area contributed by atoms with Crippen molar-refractivity contribution in [1.82, 2.24) is 15.1 Å². The Kier molecular flexibility index (Phi) is 5.32. The molecular weight excluding hydrogens is 264 g/mol. The highest BCUT2D eigenvalue weighted by molar-refractivity contribution is 5.78. The van der Waals surface area contributed by atoms with Gasteiger partial charge in [-0.15, -0.1) is 0 Å². The summed E-state index contributed by atoms with van der Waals surface area (Å²) in [6, 6.07) is 10.1. The fourth-order valence-corrected chi connectivity index (χ4v) is 2.49. The van der Waals surface area contributed by atoms with Crippen LogP contribution in [0.25, 0.3) is 0 Å². The van der Waals surface area contributed by atoms with Crippen molar-refractivity contribution in [1.29, 1.82) is 5.26 Å². The molecule has 0 radical (unpaired) electrons. The highest BCUT2D eigenvalue weighted by atomic mass is 16.2. The first-order valence-corrected chi connectivity index (χ1v) is 7.24. The van der Waals surface area contributed by atoms with Crippen molar-refractivity contribution < 1.29 is 4.79 Å². The third kappa shape index (κ3) is 4.03. The van der Waals surface area contributed by atoms with Gasteiger partial charge in [0.1, 0.15) is 6.04 Å². The quantitative estimate of drug-likeness (QED) is 0.887. The Labute approximate surface area is 126 Å². The van der Waals surface area contributed by atoms with Crippen molar-refractivity contribution in [3.05, 3.63) is 35.4 Å². The Morgan fingerprint density at radius 2 is 2.29 bits per heavy atom.